The number of hydrogen-bond acceptors (Lipinski definition) is 7. The first-order chi connectivity index (χ1) is 11.9. The van der Waals surface area contributed by atoms with Gasteiger partial charge in [-0.05, 0) is 6.42 Å². The van der Waals surface area contributed by atoms with Gasteiger partial charge in [0.25, 0.3) is 10.0 Å². The number of benzene rings is 1. The molecule has 1 aromatic heterocycles. The maximum Gasteiger partial charge on any atom is 0.342 e. The minimum absolute atomic E-state index is 0.118. The van der Waals surface area contributed by atoms with E-state index >= 15 is 0 Å². The van der Waals surface area contributed by atoms with Crippen LogP contribution in [0.5, 0.6) is 11.5 Å². The summed E-state index contributed by atoms with van der Waals surface area (Å²) in [6.07, 6.45) is 0.389. The van der Waals surface area contributed by atoms with Gasteiger partial charge in [0.2, 0.25) is 5.03 Å². The van der Waals surface area contributed by atoms with Crippen molar-refractivity contribution in [3.05, 3.63) is 29.5 Å². The van der Waals surface area contributed by atoms with Gasteiger partial charge in [0.1, 0.15) is 17.1 Å². The van der Waals surface area contributed by atoms with E-state index in [1.807, 2.05) is 0 Å². The van der Waals surface area contributed by atoms with Crippen LogP contribution < -0.4 is 14.2 Å². The minimum Gasteiger partial charge on any atom is -0.497 e. The highest BCUT2D eigenvalue weighted by Crippen LogP contribution is 2.28. The quantitative estimate of drug-likeness (QED) is 0.711. The van der Waals surface area contributed by atoms with Crippen molar-refractivity contribution in [1.29, 1.82) is 0 Å². The summed E-state index contributed by atoms with van der Waals surface area (Å²) < 4.78 is 42.6. The molecule has 0 atom stereocenters. The maximum absolute atomic E-state index is 12.7. The number of rotatable bonds is 7. The Kier molecular flexibility index (Phi) is 5.52. The Balaban J connectivity index is 2.47. The van der Waals surface area contributed by atoms with Gasteiger partial charge in [-0.15, -0.1) is 0 Å². The Morgan fingerprint density at radius 2 is 1.76 bits per heavy atom. The highest BCUT2D eigenvalue weighted by atomic mass is 32.2. The molecule has 0 radical (unpaired) electrons. The Hall–Kier alpha value is -2.75. The molecule has 1 aromatic carbocycles. The van der Waals surface area contributed by atoms with E-state index in [9.17, 15) is 13.2 Å². The van der Waals surface area contributed by atoms with Crippen molar-refractivity contribution in [3.63, 3.8) is 0 Å². The molecule has 2 aromatic rings. The predicted octanol–water partition coefficient (Wildman–Crippen LogP) is 1.58. The fourth-order valence-corrected chi connectivity index (χ4v) is 3.36. The van der Waals surface area contributed by atoms with Crippen LogP contribution in [-0.4, -0.2) is 45.9 Å². The Labute approximate surface area is 145 Å². The molecule has 25 heavy (non-hydrogen) atoms. The largest absolute Gasteiger partial charge is 0.497 e. The summed E-state index contributed by atoms with van der Waals surface area (Å²) in [5.41, 5.74) is 0.455. The van der Waals surface area contributed by atoms with Gasteiger partial charge in [-0.1, -0.05) is 6.92 Å². The summed E-state index contributed by atoms with van der Waals surface area (Å²) >= 11 is 0. The van der Waals surface area contributed by atoms with Gasteiger partial charge in [0.15, 0.2) is 0 Å². The molecule has 10 heteroatoms. The van der Waals surface area contributed by atoms with Crippen molar-refractivity contribution in [2.24, 2.45) is 0 Å². The topological polar surface area (TPSA) is 120 Å². The van der Waals surface area contributed by atoms with Crippen LogP contribution in [0.4, 0.5) is 5.69 Å². The Bertz CT molecular complexity index is 853. The molecule has 9 nitrogen and oxygen atoms in total. The molecule has 0 fully saturated rings. The molecule has 2 rings (SSSR count). The zero-order chi connectivity index (χ0) is 18.6. The van der Waals surface area contributed by atoms with Crippen molar-refractivity contribution >= 4 is 21.7 Å². The van der Waals surface area contributed by atoms with Gasteiger partial charge in [-0.25, -0.2) is 4.79 Å². The summed E-state index contributed by atoms with van der Waals surface area (Å²) in [4.78, 5) is 12.0. The van der Waals surface area contributed by atoms with Crippen molar-refractivity contribution in [3.8, 4) is 11.5 Å². The molecule has 0 aliphatic carbocycles. The van der Waals surface area contributed by atoms with Crippen molar-refractivity contribution in [2.45, 2.75) is 18.4 Å². The number of esters is 1. The van der Waals surface area contributed by atoms with E-state index in [0.29, 0.717) is 23.6 Å². The average molecular weight is 369 g/mol. The number of nitrogens with one attached hydrogen (secondary N) is 2. The SMILES string of the molecule is CCc1[nH]nc(S(=O)(=O)Nc2cc(OC)cc(OC)c2)c1C(=O)OC. The number of carbonyl (C=O) groups excluding carboxylic acids is 1. The van der Waals surface area contributed by atoms with Crippen LogP contribution in [0.25, 0.3) is 0 Å². The number of aromatic amines is 1. The number of anilines is 1. The van der Waals surface area contributed by atoms with Gasteiger partial charge >= 0.3 is 5.97 Å². The third kappa shape index (κ3) is 3.85. The predicted molar refractivity (Wildman–Crippen MR) is 89.7 cm³/mol. The number of carbonyl (C=O) groups is 1. The van der Waals surface area contributed by atoms with Crippen LogP contribution in [0.3, 0.4) is 0 Å². The molecule has 0 saturated heterocycles. The van der Waals surface area contributed by atoms with Gasteiger partial charge in [0, 0.05) is 18.2 Å². The van der Waals surface area contributed by atoms with Crippen molar-refractivity contribution in [1.82, 2.24) is 10.2 Å². The maximum atomic E-state index is 12.7. The Morgan fingerprint density at radius 3 is 2.24 bits per heavy atom. The molecule has 1 heterocycles. The molecule has 0 aliphatic rings. The van der Waals surface area contributed by atoms with Crippen molar-refractivity contribution < 1.29 is 27.4 Å². The lowest BCUT2D eigenvalue weighted by atomic mass is 10.2. The summed E-state index contributed by atoms with van der Waals surface area (Å²) in [6, 6.07) is 4.55. The second kappa shape index (κ2) is 7.43. The number of aryl methyl sites for hydroxylation is 1. The Morgan fingerprint density at radius 1 is 1.16 bits per heavy atom. The monoisotopic (exact) mass is 369 g/mol. The second-order valence-corrected chi connectivity index (χ2v) is 6.53. The fourth-order valence-electron chi connectivity index (χ4n) is 2.19. The van der Waals surface area contributed by atoms with Crippen LogP contribution in [0.15, 0.2) is 23.2 Å². The van der Waals surface area contributed by atoms with E-state index in [-0.39, 0.29) is 11.3 Å². The molecule has 0 bridgehead atoms. The van der Waals surface area contributed by atoms with E-state index in [1.54, 1.807) is 13.0 Å². The van der Waals surface area contributed by atoms with Crippen LogP contribution in [0, 0.1) is 0 Å². The smallest absolute Gasteiger partial charge is 0.342 e. The molecule has 0 amide bonds. The first kappa shape index (κ1) is 18.6. The number of hydrogen-bond donors (Lipinski definition) is 2. The zero-order valence-electron chi connectivity index (χ0n) is 14.2. The molecular formula is C15H19N3O6S. The zero-order valence-corrected chi connectivity index (χ0v) is 15.1. The third-order valence-corrected chi connectivity index (χ3v) is 4.72. The van der Waals surface area contributed by atoms with E-state index < -0.39 is 21.0 Å². The summed E-state index contributed by atoms with van der Waals surface area (Å²) in [7, 11) is -0.0743. The number of nitrogens with zero attached hydrogens (tertiary/aromatic N) is 1. The van der Waals surface area contributed by atoms with Gasteiger partial charge in [0.05, 0.1) is 32.7 Å². The van der Waals surface area contributed by atoms with Crippen molar-refractivity contribution in [2.75, 3.05) is 26.1 Å². The lowest BCUT2D eigenvalue weighted by Gasteiger charge is -2.11. The van der Waals surface area contributed by atoms with Crippen LogP contribution in [0.1, 0.15) is 23.0 Å². The summed E-state index contributed by atoms with van der Waals surface area (Å²) in [6.45, 7) is 1.76. The molecule has 0 unspecified atom stereocenters. The van der Waals surface area contributed by atoms with Crippen LogP contribution >= 0.6 is 0 Å². The lowest BCUT2D eigenvalue weighted by molar-refractivity contribution is 0.0595. The molecular weight excluding hydrogens is 350 g/mol. The molecule has 2 N–H and O–H groups in total. The fraction of sp³-hybridized carbons (Fsp3) is 0.333. The number of sulfonamides is 1. The number of aromatic nitrogens is 2. The molecule has 0 spiro atoms. The minimum atomic E-state index is -4.14. The molecule has 0 saturated carbocycles. The average Bonchev–Trinajstić information content (AvgIpc) is 3.05. The number of ether oxygens (including phenoxy) is 3. The lowest BCUT2D eigenvalue weighted by Crippen LogP contribution is -2.18. The van der Waals surface area contributed by atoms with E-state index in [1.165, 1.54) is 33.5 Å². The van der Waals surface area contributed by atoms with E-state index in [4.69, 9.17) is 9.47 Å². The van der Waals surface area contributed by atoms with Crippen LogP contribution in [0.2, 0.25) is 0 Å². The highest BCUT2D eigenvalue weighted by molar-refractivity contribution is 7.92. The first-order valence-electron chi connectivity index (χ1n) is 7.27. The first-order valence-corrected chi connectivity index (χ1v) is 8.76. The second-order valence-electron chi connectivity index (χ2n) is 4.93. The summed E-state index contributed by atoms with van der Waals surface area (Å²) in [5, 5.41) is 5.89. The summed E-state index contributed by atoms with van der Waals surface area (Å²) in [5.74, 6) is 0.0252. The van der Waals surface area contributed by atoms with Gasteiger partial charge in [-0.2, -0.15) is 13.5 Å². The number of H-pyrrole nitrogens is 1. The number of methoxy groups -OCH3 is 3. The van der Waals surface area contributed by atoms with Gasteiger partial charge in [-0.3, -0.25) is 9.82 Å². The molecule has 0 aliphatic heterocycles. The third-order valence-electron chi connectivity index (χ3n) is 3.41. The standard InChI is InChI=1S/C15H19N3O6S/c1-5-12-13(15(19)24-4)14(17-16-12)25(20,21)18-9-6-10(22-2)8-11(7-9)23-3/h6-8,18H,5H2,1-4H3,(H,16,17). The van der Waals surface area contributed by atoms with Gasteiger partial charge < -0.3 is 14.2 Å². The van der Waals surface area contributed by atoms with E-state index in [0.717, 1.165) is 0 Å². The highest BCUT2D eigenvalue weighted by Gasteiger charge is 2.30. The van der Waals surface area contributed by atoms with Crippen LogP contribution in [-0.2, 0) is 21.2 Å². The van der Waals surface area contributed by atoms with E-state index in [2.05, 4.69) is 19.7 Å². The normalized spacial score (nSPS) is 11.0. The molecule has 136 valence electrons.